The van der Waals surface area contributed by atoms with Crippen LogP contribution in [0.1, 0.15) is 16.7 Å². The Morgan fingerprint density at radius 1 is 1.06 bits per heavy atom. The number of pyridine rings is 1. The van der Waals surface area contributed by atoms with E-state index in [-0.39, 0.29) is 23.5 Å². The van der Waals surface area contributed by atoms with Crippen LogP contribution in [0.25, 0.3) is 0 Å². The largest absolute Gasteiger partial charge is 0.455 e. The summed E-state index contributed by atoms with van der Waals surface area (Å²) in [5.41, 5.74) is 11.1. The zero-order valence-corrected chi connectivity index (χ0v) is 17.7. The predicted octanol–water partition coefficient (Wildman–Crippen LogP) is 5.27. The average molecular weight is 465 g/mol. The maximum absolute atomic E-state index is 14.0. The molecule has 0 unspecified atom stereocenters. The number of carbonyl (C=O) groups excluding carboxylic acids is 1. The number of benzene rings is 2. The number of ketones is 1. The number of anilines is 2. The first kappa shape index (κ1) is 23.4. The molecule has 0 amide bonds. The summed E-state index contributed by atoms with van der Waals surface area (Å²) in [5, 5.41) is 0. The summed E-state index contributed by atoms with van der Waals surface area (Å²) in [6.07, 6.45) is -1.88. The number of ether oxygens (including phenoxy) is 1. The Morgan fingerprint density at radius 3 is 2.47 bits per heavy atom. The first-order valence-corrected chi connectivity index (χ1v) is 10.5. The Labute approximate surface area is 185 Å². The van der Waals surface area contributed by atoms with E-state index in [4.69, 9.17) is 16.2 Å². The van der Waals surface area contributed by atoms with Crippen molar-refractivity contribution < 1.29 is 27.1 Å². The molecule has 32 heavy (non-hydrogen) atoms. The highest BCUT2D eigenvalue weighted by atomic mass is 32.2. The summed E-state index contributed by atoms with van der Waals surface area (Å²) in [4.78, 5) is 17.1. The molecule has 0 aliphatic carbocycles. The minimum Gasteiger partial charge on any atom is -0.455 e. The second-order valence-electron chi connectivity index (χ2n) is 6.88. The first-order valence-electron chi connectivity index (χ1n) is 9.30. The van der Waals surface area contributed by atoms with Crippen molar-refractivity contribution in [1.82, 2.24) is 4.98 Å². The van der Waals surface area contributed by atoms with Crippen molar-refractivity contribution in [2.24, 2.45) is 0 Å². The van der Waals surface area contributed by atoms with Crippen molar-refractivity contribution in [2.75, 3.05) is 17.7 Å². The van der Waals surface area contributed by atoms with Gasteiger partial charge in [0.05, 0.1) is 5.56 Å². The van der Waals surface area contributed by atoms with Gasteiger partial charge in [-0.05, 0) is 47.7 Å². The van der Waals surface area contributed by atoms with Gasteiger partial charge in [-0.2, -0.15) is 13.2 Å². The van der Waals surface area contributed by atoms with E-state index in [1.165, 1.54) is 18.0 Å². The molecular formula is C22H19F4N3O2S. The molecule has 0 aliphatic rings. The van der Waals surface area contributed by atoms with Gasteiger partial charge in [-0.15, -0.1) is 11.8 Å². The lowest BCUT2D eigenvalue weighted by atomic mass is 10.0. The summed E-state index contributed by atoms with van der Waals surface area (Å²) in [7, 11) is 0. The van der Waals surface area contributed by atoms with Gasteiger partial charge in [-0.1, -0.05) is 6.07 Å². The number of Topliss-reactive ketones (excluding diaryl/α,β-unsaturated/α-hetero) is 1. The van der Waals surface area contributed by atoms with Crippen LogP contribution in [0.2, 0.25) is 0 Å². The molecule has 0 fully saturated rings. The van der Waals surface area contributed by atoms with E-state index in [2.05, 4.69) is 4.98 Å². The minimum absolute atomic E-state index is 0.0729. The molecule has 0 bridgehead atoms. The highest BCUT2D eigenvalue weighted by molar-refractivity contribution is 7.98. The van der Waals surface area contributed by atoms with Crippen molar-refractivity contribution in [2.45, 2.75) is 23.9 Å². The van der Waals surface area contributed by atoms with Gasteiger partial charge in [0.2, 0.25) is 0 Å². The molecule has 0 spiro atoms. The third-order valence-electron chi connectivity index (χ3n) is 4.62. The molecule has 3 rings (SSSR count). The van der Waals surface area contributed by atoms with E-state index in [0.717, 1.165) is 11.0 Å². The molecule has 2 aromatic carbocycles. The zero-order chi connectivity index (χ0) is 23.5. The summed E-state index contributed by atoms with van der Waals surface area (Å²) in [6, 6.07) is 8.61. The van der Waals surface area contributed by atoms with Crippen molar-refractivity contribution in [3.8, 4) is 11.5 Å². The van der Waals surface area contributed by atoms with E-state index >= 15 is 0 Å². The lowest BCUT2D eigenvalue weighted by Crippen LogP contribution is -2.11. The quantitative estimate of drug-likeness (QED) is 0.365. The highest BCUT2D eigenvalue weighted by Gasteiger charge is 2.31. The fraction of sp³-hybridized carbons (Fsp3) is 0.182. The molecule has 1 heterocycles. The van der Waals surface area contributed by atoms with Gasteiger partial charge in [0, 0.05) is 30.0 Å². The lowest BCUT2D eigenvalue weighted by Gasteiger charge is -2.13. The fourth-order valence-electron chi connectivity index (χ4n) is 3.00. The Kier molecular flexibility index (Phi) is 6.93. The Hall–Kier alpha value is -3.27. The normalized spacial score (nSPS) is 11.4. The standard InChI is InChI=1S/C22H19F4N3O2S/c1-32-19-11-16(31-18-6-7-29-21(28)20(18)27)4-2-12(19)9-15(30)10-13-8-14(22(24,25)26)3-5-17(13)23/h2-8,11H,9-10,27H2,1H3,(H2,28,29). The van der Waals surface area contributed by atoms with Crippen LogP contribution in [0.5, 0.6) is 11.5 Å². The average Bonchev–Trinajstić information content (AvgIpc) is 2.73. The van der Waals surface area contributed by atoms with Gasteiger partial charge in [0.25, 0.3) is 0 Å². The molecule has 4 N–H and O–H groups in total. The molecule has 10 heteroatoms. The van der Waals surface area contributed by atoms with Crippen LogP contribution in [0.3, 0.4) is 0 Å². The number of thioether (sulfide) groups is 1. The summed E-state index contributed by atoms with van der Waals surface area (Å²) >= 11 is 1.36. The third-order valence-corrected chi connectivity index (χ3v) is 5.44. The van der Waals surface area contributed by atoms with Crippen LogP contribution in [-0.4, -0.2) is 17.0 Å². The molecule has 0 saturated heterocycles. The van der Waals surface area contributed by atoms with Crippen LogP contribution < -0.4 is 16.2 Å². The maximum atomic E-state index is 14.0. The lowest BCUT2D eigenvalue weighted by molar-refractivity contribution is -0.137. The Morgan fingerprint density at radius 2 is 1.78 bits per heavy atom. The number of hydrogen-bond donors (Lipinski definition) is 2. The van der Waals surface area contributed by atoms with Crippen LogP contribution in [0, 0.1) is 5.82 Å². The first-order chi connectivity index (χ1) is 15.1. The molecule has 0 radical (unpaired) electrons. The number of nitrogens with zero attached hydrogens (tertiary/aromatic N) is 1. The van der Waals surface area contributed by atoms with E-state index in [0.29, 0.717) is 29.2 Å². The third kappa shape index (κ3) is 5.50. The van der Waals surface area contributed by atoms with Crippen LogP contribution >= 0.6 is 11.8 Å². The minimum atomic E-state index is -4.61. The molecule has 3 aromatic rings. The van der Waals surface area contributed by atoms with Gasteiger partial charge < -0.3 is 16.2 Å². The van der Waals surface area contributed by atoms with E-state index < -0.39 is 29.8 Å². The topological polar surface area (TPSA) is 91.2 Å². The molecule has 168 valence electrons. The Bertz CT molecular complexity index is 1150. The van der Waals surface area contributed by atoms with Gasteiger partial charge in [-0.3, -0.25) is 4.79 Å². The van der Waals surface area contributed by atoms with E-state index in [9.17, 15) is 22.4 Å². The van der Waals surface area contributed by atoms with Crippen molar-refractivity contribution in [1.29, 1.82) is 0 Å². The zero-order valence-electron chi connectivity index (χ0n) is 16.9. The molecule has 1 aromatic heterocycles. The number of halogens is 4. The fourth-order valence-corrected chi connectivity index (χ4v) is 3.63. The van der Waals surface area contributed by atoms with Crippen molar-refractivity contribution in [3.63, 3.8) is 0 Å². The SMILES string of the molecule is CSc1cc(Oc2ccnc(N)c2N)ccc1CC(=O)Cc1cc(C(F)(F)F)ccc1F. The van der Waals surface area contributed by atoms with Crippen LogP contribution in [0.4, 0.5) is 29.1 Å². The number of carbonyl (C=O) groups is 1. The number of aromatic nitrogens is 1. The summed E-state index contributed by atoms with van der Waals surface area (Å²) < 4.78 is 58.4. The van der Waals surface area contributed by atoms with Gasteiger partial charge in [0.15, 0.2) is 5.75 Å². The maximum Gasteiger partial charge on any atom is 0.416 e. The molecular weight excluding hydrogens is 446 g/mol. The number of nitrogen functional groups attached to an aromatic ring is 2. The second kappa shape index (κ2) is 9.47. The number of rotatable bonds is 7. The number of hydrogen-bond acceptors (Lipinski definition) is 6. The molecule has 0 saturated carbocycles. The van der Waals surface area contributed by atoms with Gasteiger partial charge in [-0.25, -0.2) is 9.37 Å². The summed E-state index contributed by atoms with van der Waals surface area (Å²) in [5.74, 6) is -0.357. The smallest absolute Gasteiger partial charge is 0.416 e. The van der Waals surface area contributed by atoms with Crippen LogP contribution in [-0.2, 0) is 23.8 Å². The van der Waals surface area contributed by atoms with Gasteiger partial charge in [0.1, 0.15) is 28.9 Å². The number of alkyl halides is 3. The monoisotopic (exact) mass is 465 g/mol. The van der Waals surface area contributed by atoms with Gasteiger partial charge >= 0.3 is 6.18 Å². The molecule has 5 nitrogen and oxygen atoms in total. The van der Waals surface area contributed by atoms with E-state index in [1.807, 2.05) is 0 Å². The second-order valence-corrected chi connectivity index (χ2v) is 7.73. The predicted molar refractivity (Wildman–Crippen MR) is 115 cm³/mol. The van der Waals surface area contributed by atoms with Crippen molar-refractivity contribution in [3.05, 3.63) is 71.2 Å². The molecule has 0 aliphatic heterocycles. The Balaban J connectivity index is 1.76. The van der Waals surface area contributed by atoms with Crippen LogP contribution in [0.15, 0.2) is 53.6 Å². The van der Waals surface area contributed by atoms with E-state index in [1.54, 1.807) is 30.5 Å². The summed E-state index contributed by atoms with van der Waals surface area (Å²) in [6.45, 7) is 0. The number of nitrogens with two attached hydrogens (primary N) is 2. The molecule has 0 atom stereocenters. The highest BCUT2D eigenvalue weighted by Crippen LogP contribution is 2.34. The van der Waals surface area contributed by atoms with Crippen molar-refractivity contribution >= 4 is 29.1 Å².